The fourth-order valence-electron chi connectivity index (χ4n) is 3.34. The molecule has 2 aromatic rings. The van der Waals surface area contributed by atoms with Crippen molar-refractivity contribution < 1.29 is 17.6 Å². The van der Waals surface area contributed by atoms with E-state index in [2.05, 4.69) is 21.2 Å². The van der Waals surface area contributed by atoms with Gasteiger partial charge in [-0.1, -0.05) is 33.6 Å². The summed E-state index contributed by atoms with van der Waals surface area (Å²) < 4.78 is 41.8. The molecule has 156 valence electrons. The standard InChI is InChI=1S/C20H23BrFN3O3S/c1-14-3-6-19(15(2)11-14)29(27,28)25-9-7-24(8-10-25)13-20(26)23-18-5-4-16(21)12-17(18)22/h3-6,11-12H,7-10,13H2,1-2H3,(H,23,26). The van der Waals surface area contributed by atoms with Crippen molar-refractivity contribution in [1.82, 2.24) is 9.21 Å². The number of nitrogens with one attached hydrogen (secondary N) is 1. The zero-order chi connectivity index (χ0) is 21.2. The minimum absolute atomic E-state index is 0.0763. The van der Waals surface area contributed by atoms with Crippen LogP contribution >= 0.6 is 15.9 Å². The third kappa shape index (κ3) is 5.22. The number of hydrogen-bond donors (Lipinski definition) is 1. The maximum atomic E-state index is 13.9. The normalized spacial score (nSPS) is 16.0. The second kappa shape index (κ2) is 8.91. The van der Waals surface area contributed by atoms with Crippen LogP contribution in [-0.4, -0.2) is 56.3 Å². The fourth-order valence-corrected chi connectivity index (χ4v) is 5.30. The Morgan fingerprint density at radius 3 is 2.41 bits per heavy atom. The number of carbonyl (C=O) groups excluding carboxylic acids is 1. The van der Waals surface area contributed by atoms with Crippen molar-refractivity contribution in [3.63, 3.8) is 0 Å². The number of hydrogen-bond acceptors (Lipinski definition) is 4. The number of benzene rings is 2. The summed E-state index contributed by atoms with van der Waals surface area (Å²) in [6.45, 7) is 5.26. The summed E-state index contributed by atoms with van der Waals surface area (Å²) in [5.74, 6) is -0.853. The average molecular weight is 484 g/mol. The van der Waals surface area contributed by atoms with E-state index in [1.807, 2.05) is 17.9 Å². The SMILES string of the molecule is Cc1ccc(S(=O)(=O)N2CCN(CC(=O)Nc3ccc(Br)cc3F)CC2)c(C)c1. The topological polar surface area (TPSA) is 69.7 Å². The largest absolute Gasteiger partial charge is 0.322 e. The van der Waals surface area contributed by atoms with E-state index in [1.54, 1.807) is 25.1 Å². The highest BCUT2D eigenvalue weighted by Crippen LogP contribution is 2.22. The van der Waals surface area contributed by atoms with Gasteiger partial charge in [-0.15, -0.1) is 0 Å². The molecule has 1 fully saturated rings. The quantitative estimate of drug-likeness (QED) is 0.708. The van der Waals surface area contributed by atoms with Gasteiger partial charge in [-0.25, -0.2) is 12.8 Å². The van der Waals surface area contributed by atoms with Gasteiger partial charge in [0.1, 0.15) is 5.82 Å². The first-order valence-corrected chi connectivity index (χ1v) is 11.4. The number of sulfonamides is 1. The van der Waals surface area contributed by atoms with Crippen molar-refractivity contribution in [3.8, 4) is 0 Å². The van der Waals surface area contributed by atoms with Crippen LogP contribution in [0.4, 0.5) is 10.1 Å². The molecule has 29 heavy (non-hydrogen) atoms. The monoisotopic (exact) mass is 483 g/mol. The summed E-state index contributed by atoms with van der Waals surface area (Å²) in [5.41, 5.74) is 1.86. The Kier molecular flexibility index (Phi) is 6.72. The maximum Gasteiger partial charge on any atom is 0.243 e. The van der Waals surface area contributed by atoms with Crippen LogP contribution in [0.2, 0.25) is 0 Å². The van der Waals surface area contributed by atoms with E-state index >= 15 is 0 Å². The van der Waals surface area contributed by atoms with Crippen molar-refractivity contribution in [2.45, 2.75) is 18.7 Å². The molecular formula is C20H23BrFN3O3S. The summed E-state index contributed by atoms with van der Waals surface area (Å²) in [6, 6.07) is 9.72. The van der Waals surface area contributed by atoms with Gasteiger partial charge in [0.2, 0.25) is 15.9 Å². The lowest BCUT2D eigenvalue weighted by atomic mass is 10.2. The number of rotatable bonds is 5. The zero-order valence-corrected chi connectivity index (χ0v) is 18.7. The molecule has 0 saturated carbocycles. The minimum atomic E-state index is -3.57. The summed E-state index contributed by atoms with van der Waals surface area (Å²) in [5, 5.41) is 2.56. The van der Waals surface area contributed by atoms with Gasteiger partial charge in [0.25, 0.3) is 0 Å². The molecule has 6 nitrogen and oxygen atoms in total. The lowest BCUT2D eigenvalue weighted by molar-refractivity contribution is -0.117. The van der Waals surface area contributed by atoms with E-state index in [0.717, 1.165) is 11.1 Å². The van der Waals surface area contributed by atoms with Crippen LogP contribution < -0.4 is 5.32 Å². The molecule has 0 atom stereocenters. The van der Waals surface area contributed by atoms with Gasteiger partial charge < -0.3 is 5.32 Å². The molecular weight excluding hydrogens is 461 g/mol. The van der Waals surface area contributed by atoms with Gasteiger partial charge >= 0.3 is 0 Å². The lowest BCUT2D eigenvalue weighted by Crippen LogP contribution is -2.50. The van der Waals surface area contributed by atoms with Crippen molar-refractivity contribution >= 4 is 37.5 Å². The van der Waals surface area contributed by atoms with Gasteiger partial charge in [0.15, 0.2) is 0 Å². The van der Waals surface area contributed by atoms with Gasteiger partial charge in [-0.2, -0.15) is 4.31 Å². The number of carbonyl (C=O) groups is 1. The average Bonchev–Trinajstić information content (AvgIpc) is 2.64. The Morgan fingerprint density at radius 2 is 1.79 bits per heavy atom. The molecule has 1 saturated heterocycles. The van der Waals surface area contributed by atoms with E-state index in [-0.39, 0.29) is 18.1 Å². The van der Waals surface area contributed by atoms with Crippen LogP contribution in [0.1, 0.15) is 11.1 Å². The van der Waals surface area contributed by atoms with Gasteiger partial charge in [0, 0.05) is 30.7 Å². The van der Waals surface area contributed by atoms with Crippen molar-refractivity contribution in [2.24, 2.45) is 0 Å². The van der Waals surface area contributed by atoms with Crippen LogP contribution in [0.5, 0.6) is 0 Å². The van der Waals surface area contributed by atoms with Crippen molar-refractivity contribution in [3.05, 3.63) is 57.8 Å². The first-order chi connectivity index (χ1) is 13.7. The molecule has 0 bridgehead atoms. The highest BCUT2D eigenvalue weighted by atomic mass is 79.9. The number of amides is 1. The minimum Gasteiger partial charge on any atom is -0.322 e. The van der Waals surface area contributed by atoms with Crippen molar-refractivity contribution in [1.29, 1.82) is 0 Å². The van der Waals surface area contributed by atoms with Crippen LogP contribution in [0.15, 0.2) is 45.8 Å². The van der Waals surface area contributed by atoms with Gasteiger partial charge in [0.05, 0.1) is 17.1 Å². The number of halogens is 2. The van der Waals surface area contributed by atoms with Crippen LogP contribution in [0.3, 0.4) is 0 Å². The second-order valence-electron chi connectivity index (χ2n) is 7.12. The highest BCUT2D eigenvalue weighted by molar-refractivity contribution is 9.10. The first kappa shape index (κ1) is 21.9. The second-order valence-corrected chi connectivity index (χ2v) is 9.94. The number of nitrogens with zero attached hydrogens (tertiary/aromatic N) is 2. The fraction of sp³-hybridized carbons (Fsp3) is 0.350. The molecule has 0 radical (unpaired) electrons. The first-order valence-electron chi connectivity index (χ1n) is 9.21. The molecule has 9 heteroatoms. The summed E-state index contributed by atoms with van der Waals surface area (Å²) in [6.07, 6.45) is 0. The molecule has 1 heterocycles. The van der Waals surface area contributed by atoms with E-state index in [9.17, 15) is 17.6 Å². The lowest BCUT2D eigenvalue weighted by Gasteiger charge is -2.33. The third-order valence-electron chi connectivity index (χ3n) is 4.85. The predicted molar refractivity (Wildman–Crippen MR) is 114 cm³/mol. The molecule has 0 spiro atoms. The molecule has 0 unspecified atom stereocenters. The molecule has 1 aliphatic heterocycles. The molecule has 0 aromatic heterocycles. The third-order valence-corrected chi connectivity index (χ3v) is 7.40. The Morgan fingerprint density at radius 1 is 1.10 bits per heavy atom. The van der Waals surface area contributed by atoms with Crippen LogP contribution in [0.25, 0.3) is 0 Å². The van der Waals surface area contributed by atoms with E-state index in [1.165, 1.54) is 16.4 Å². The zero-order valence-electron chi connectivity index (χ0n) is 16.3. The molecule has 1 aliphatic rings. The molecule has 2 aromatic carbocycles. The van der Waals surface area contributed by atoms with Crippen molar-refractivity contribution in [2.75, 3.05) is 38.0 Å². The molecule has 1 amide bonds. The summed E-state index contributed by atoms with van der Waals surface area (Å²) in [7, 11) is -3.57. The Bertz CT molecular complexity index is 1020. The number of aryl methyl sites for hydroxylation is 2. The smallest absolute Gasteiger partial charge is 0.243 e. The highest BCUT2D eigenvalue weighted by Gasteiger charge is 2.30. The van der Waals surface area contributed by atoms with Crippen LogP contribution in [0, 0.1) is 19.7 Å². The molecule has 3 rings (SSSR count). The predicted octanol–water partition coefficient (Wildman–Crippen LogP) is 3.15. The Hall–Kier alpha value is -1.81. The molecule has 0 aliphatic carbocycles. The van der Waals surface area contributed by atoms with Gasteiger partial charge in [-0.05, 0) is 43.7 Å². The van der Waals surface area contributed by atoms with E-state index < -0.39 is 15.8 Å². The Labute approximate surface area is 178 Å². The van der Waals surface area contributed by atoms with E-state index in [4.69, 9.17) is 0 Å². The van der Waals surface area contributed by atoms with Gasteiger partial charge in [-0.3, -0.25) is 9.69 Å². The molecule has 1 N–H and O–H groups in total. The number of anilines is 1. The Balaban J connectivity index is 1.58. The maximum absolute atomic E-state index is 13.9. The van der Waals surface area contributed by atoms with Crippen LogP contribution in [-0.2, 0) is 14.8 Å². The summed E-state index contributed by atoms with van der Waals surface area (Å²) in [4.78, 5) is 14.4. The van der Waals surface area contributed by atoms with E-state index in [0.29, 0.717) is 35.5 Å². The summed E-state index contributed by atoms with van der Waals surface area (Å²) >= 11 is 3.17. The number of piperazine rings is 1.